The van der Waals surface area contributed by atoms with Crippen molar-refractivity contribution in [2.45, 2.75) is 38.1 Å². The van der Waals surface area contributed by atoms with Crippen molar-refractivity contribution >= 4 is 5.69 Å². The number of rotatable bonds is 1. The lowest BCUT2D eigenvalue weighted by Gasteiger charge is -2.62. The molecule has 3 rings (SSSR count). The minimum absolute atomic E-state index is 0.253. The molecule has 0 N–H and O–H groups in total. The van der Waals surface area contributed by atoms with Crippen molar-refractivity contribution in [1.82, 2.24) is 4.90 Å². The molecule has 2 fully saturated rings. The highest BCUT2D eigenvalue weighted by Gasteiger charge is 2.51. The number of hydrogen-bond acceptors (Lipinski definition) is 2. The zero-order valence-electron chi connectivity index (χ0n) is 12.0. The van der Waals surface area contributed by atoms with E-state index in [1.54, 1.807) is 0 Å². The first-order valence-corrected chi connectivity index (χ1v) is 6.98. The summed E-state index contributed by atoms with van der Waals surface area (Å²) in [6.45, 7) is 10.5. The Morgan fingerprint density at radius 1 is 1.06 bits per heavy atom. The van der Waals surface area contributed by atoms with Crippen molar-refractivity contribution in [3.05, 3.63) is 29.8 Å². The van der Waals surface area contributed by atoms with Crippen LogP contribution in [0, 0.1) is 0 Å². The van der Waals surface area contributed by atoms with Crippen LogP contribution in [0.4, 0.5) is 5.69 Å². The lowest BCUT2D eigenvalue weighted by atomic mass is 9.77. The van der Waals surface area contributed by atoms with Gasteiger partial charge in [0.1, 0.15) is 0 Å². The maximum atomic E-state index is 2.51. The van der Waals surface area contributed by atoms with E-state index in [9.17, 15) is 0 Å². The van der Waals surface area contributed by atoms with Crippen LogP contribution in [-0.4, -0.2) is 37.1 Å². The molecule has 0 aliphatic carbocycles. The zero-order valence-corrected chi connectivity index (χ0v) is 12.0. The Morgan fingerprint density at radius 3 is 2.06 bits per heavy atom. The number of nitrogens with zero attached hydrogens (tertiary/aromatic N) is 2. The Bertz CT molecular complexity index is 435. The maximum absolute atomic E-state index is 2.51. The van der Waals surface area contributed by atoms with Crippen LogP contribution in [0.2, 0.25) is 0 Å². The van der Waals surface area contributed by atoms with Gasteiger partial charge in [-0.1, -0.05) is 32.9 Å². The molecule has 2 saturated heterocycles. The van der Waals surface area contributed by atoms with Crippen LogP contribution in [0.15, 0.2) is 24.3 Å². The first-order chi connectivity index (χ1) is 8.41. The van der Waals surface area contributed by atoms with Gasteiger partial charge in [0.05, 0.1) is 5.54 Å². The predicted octanol–water partition coefficient (Wildman–Crippen LogP) is 2.88. The Balaban J connectivity index is 1.68. The molecular weight excluding hydrogens is 220 g/mol. The van der Waals surface area contributed by atoms with E-state index in [0.717, 1.165) is 0 Å². The van der Waals surface area contributed by atoms with Gasteiger partial charge in [0, 0.05) is 25.3 Å². The number of hydrogen-bond donors (Lipinski definition) is 0. The van der Waals surface area contributed by atoms with Crippen molar-refractivity contribution in [1.29, 1.82) is 0 Å². The highest BCUT2D eigenvalue weighted by Crippen LogP contribution is 2.40. The fourth-order valence-corrected chi connectivity index (χ4v) is 3.07. The van der Waals surface area contributed by atoms with E-state index in [1.807, 2.05) is 0 Å². The van der Waals surface area contributed by atoms with Gasteiger partial charge in [0.15, 0.2) is 0 Å². The van der Waals surface area contributed by atoms with E-state index in [2.05, 4.69) is 61.9 Å². The van der Waals surface area contributed by atoms with Crippen molar-refractivity contribution in [2.24, 2.45) is 0 Å². The lowest BCUT2D eigenvalue weighted by molar-refractivity contribution is -0.0127. The maximum Gasteiger partial charge on any atom is 0.0569 e. The van der Waals surface area contributed by atoms with Gasteiger partial charge in [0.2, 0.25) is 0 Å². The van der Waals surface area contributed by atoms with E-state index in [1.165, 1.54) is 37.3 Å². The van der Waals surface area contributed by atoms with Gasteiger partial charge in [0.25, 0.3) is 0 Å². The summed E-state index contributed by atoms with van der Waals surface area (Å²) in [6.07, 6.45) is 1.38. The second-order valence-corrected chi connectivity index (χ2v) is 7.05. The van der Waals surface area contributed by atoms with E-state index >= 15 is 0 Å². The molecule has 0 saturated carbocycles. The highest BCUT2D eigenvalue weighted by molar-refractivity contribution is 5.53. The van der Waals surface area contributed by atoms with E-state index in [-0.39, 0.29) is 5.41 Å². The minimum atomic E-state index is 0.253. The second-order valence-electron chi connectivity index (χ2n) is 7.05. The third-order valence-electron chi connectivity index (χ3n) is 4.79. The first-order valence-electron chi connectivity index (χ1n) is 6.98. The van der Waals surface area contributed by atoms with E-state index < -0.39 is 0 Å². The number of benzene rings is 1. The topological polar surface area (TPSA) is 6.48 Å². The van der Waals surface area contributed by atoms with Gasteiger partial charge in [-0.2, -0.15) is 0 Å². The molecule has 2 heteroatoms. The Labute approximate surface area is 111 Å². The van der Waals surface area contributed by atoms with Crippen LogP contribution in [0.25, 0.3) is 0 Å². The average Bonchev–Trinajstić information content (AvgIpc) is 2.25. The van der Waals surface area contributed by atoms with Gasteiger partial charge in [-0.05, 0) is 36.6 Å². The monoisotopic (exact) mass is 244 g/mol. The molecule has 0 aromatic heterocycles. The summed E-state index contributed by atoms with van der Waals surface area (Å²) < 4.78 is 0. The molecule has 98 valence electrons. The van der Waals surface area contributed by atoms with Crippen LogP contribution < -0.4 is 4.90 Å². The summed E-state index contributed by atoms with van der Waals surface area (Å²) >= 11 is 0. The summed E-state index contributed by atoms with van der Waals surface area (Å²) in [4.78, 5) is 5.01. The normalized spacial score (nSPS) is 22.8. The third kappa shape index (κ3) is 1.74. The SMILES string of the molecule is CN1CCC12CN(c1ccc(C(C)(C)C)cc1)C2. The Hall–Kier alpha value is -1.02. The minimum Gasteiger partial charge on any atom is -0.368 e. The van der Waals surface area contributed by atoms with Crippen LogP contribution in [0.5, 0.6) is 0 Å². The molecule has 0 bridgehead atoms. The predicted molar refractivity (Wildman–Crippen MR) is 77.3 cm³/mol. The van der Waals surface area contributed by atoms with E-state index in [4.69, 9.17) is 0 Å². The van der Waals surface area contributed by atoms with Crippen LogP contribution in [0.1, 0.15) is 32.8 Å². The van der Waals surface area contributed by atoms with Crippen molar-refractivity contribution in [2.75, 3.05) is 31.6 Å². The Morgan fingerprint density at radius 2 is 1.67 bits per heavy atom. The van der Waals surface area contributed by atoms with Crippen molar-refractivity contribution < 1.29 is 0 Å². The molecule has 2 aliphatic rings. The molecule has 1 aromatic rings. The first kappa shape index (κ1) is 12.0. The molecule has 2 heterocycles. The average molecular weight is 244 g/mol. The standard InChI is InChI=1S/C16H24N2/c1-15(2,3)13-5-7-14(8-6-13)18-11-16(12-18)9-10-17(16)4/h5-8H,9-12H2,1-4H3. The quantitative estimate of drug-likeness (QED) is 0.749. The third-order valence-corrected chi connectivity index (χ3v) is 4.79. The fraction of sp³-hybridized carbons (Fsp3) is 0.625. The molecule has 0 radical (unpaired) electrons. The largest absolute Gasteiger partial charge is 0.368 e. The number of likely N-dealkylation sites (N-methyl/N-ethyl adjacent to an activating group) is 1. The number of likely N-dealkylation sites (tertiary alicyclic amines) is 1. The van der Waals surface area contributed by atoms with Gasteiger partial charge < -0.3 is 4.90 Å². The highest BCUT2D eigenvalue weighted by atomic mass is 15.4. The molecule has 18 heavy (non-hydrogen) atoms. The molecule has 0 amide bonds. The molecular formula is C16H24N2. The molecule has 2 nitrogen and oxygen atoms in total. The summed E-state index contributed by atoms with van der Waals surface area (Å²) in [6, 6.07) is 9.13. The molecule has 1 spiro atoms. The molecule has 0 atom stereocenters. The van der Waals surface area contributed by atoms with Crippen LogP contribution in [0.3, 0.4) is 0 Å². The van der Waals surface area contributed by atoms with Crippen molar-refractivity contribution in [3.8, 4) is 0 Å². The van der Waals surface area contributed by atoms with Crippen LogP contribution in [-0.2, 0) is 5.41 Å². The van der Waals surface area contributed by atoms with Crippen LogP contribution >= 0.6 is 0 Å². The fourth-order valence-electron chi connectivity index (χ4n) is 3.07. The molecule has 1 aromatic carbocycles. The molecule has 0 unspecified atom stereocenters. The lowest BCUT2D eigenvalue weighted by Crippen LogP contribution is -2.75. The van der Waals surface area contributed by atoms with Crippen molar-refractivity contribution in [3.63, 3.8) is 0 Å². The smallest absolute Gasteiger partial charge is 0.0569 e. The molecule has 2 aliphatic heterocycles. The summed E-state index contributed by atoms with van der Waals surface area (Å²) in [5, 5.41) is 0. The van der Waals surface area contributed by atoms with Gasteiger partial charge in [-0.25, -0.2) is 0 Å². The Kier molecular flexibility index (Phi) is 2.50. The second kappa shape index (κ2) is 3.74. The van der Waals surface area contributed by atoms with Gasteiger partial charge in [-0.3, -0.25) is 4.90 Å². The zero-order chi connectivity index (χ0) is 13.0. The summed E-state index contributed by atoms with van der Waals surface area (Å²) in [7, 11) is 2.25. The number of anilines is 1. The summed E-state index contributed by atoms with van der Waals surface area (Å²) in [5.74, 6) is 0. The van der Waals surface area contributed by atoms with Gasteiger partial charge in [-0.15, -0.1) is 0 Å². The van der Waals surface area contributed by atoms with Gasteiger partial charge >= 0.3 is 0 Å². The van der Waals surface area contributed by atoms with E-state index in [0.29, 0.717) is 5.54 Å². The summed E-state index contributed by atoms with van der Waals surface area (Å²) in [5.41, 5.74) is 3.57.